The van der Waals surface area contributed by atoms with E-state index in [1.807, 2.05) is 14.1 Å². The van der Waals surface area contributed by atoms with Crippen LogP contribution in [0.15, 0.2) is 0 Å². The van der Waals surface area contributed by atoms with Gasteiger partial charge in [-0.2, -0.15) is 0 Å². The predicted octanol–water partition coefficient (Wildman–Crippen LogP) is -0.398. The molecule has 1 N–H and O–H groups in total. The summed E-state index contributed by atoms with van der Waals surface area (Å²) in [5.74, 6) is 0. The van der Waals surface area contributed by atoms with E-state index in [0.717, 1.165) is 6.41 Å². The molecule has 1 amide bonds. The Bertz CT molecular complexity index is 91.1. The lowest BCUT2D eigenvalue weighted by Crippen LogP contribution is -2.38. The third-order valence-corrected chi connectivity index (χ3v) is 1.18. The third-order valence-electron chi connectivity index (χ3n) is 1.18. The molecule has 0 aliphatic rings. The molecule has 3 nitrogen and oxygen atoms in total. The maximum absolute atomic E-state index is 10.2. The highest BCUT2D eigenvalue weighted by molar-refractivity contribution is 5.36. The lowest BCUT2D eigenvalue weighted by Gasteiger charge is -2.19. The van der Waals surface area contributed by atoms with Crippen molar-refractivity contribution in [3.63, 3.8) is 0 Å². The van der Waals surface area contributed by atoms with E-state index >= 15 is 0 Å². The normalized spacial score (nSPS) is 11.4. The first kappa shape index (κ1) is 8.59. The molecule has 0 saturated heterocycles. The van der Waals surface area contributed by atoms with Gasteiger partial charge in [0.25, 0.3) is 0 Å². The van der Waals surface area contributed by atoms with E-state index in [4.69, 9.17) is 5.11 Å². The molecule has 0 atom stereocenters. The quantitative estimate of drug-likeness (QED) is 0.417. The van der Waals surface area contributed by atoms with Gasteiger partial charge in [-0.05, 0) is 0 Å². The minimum atomic E-state index is 0.162. The zero-order valence-corrected chi connectivity index (χ0v) is 6.00. The molecule has 0 heterocycles. The molecule has 0 bridgehead atoms. The largest absolute Gasteiger partial charge is 0.396 e. The minimum Gasteiger partial charge on any atom is -0.396 e. The lowest BCUT2D eigenvalue weighted by atomic mass is 10.4. The number of hydrogen-bond donors (Lipinski definition) is 1. The topological polar surface area (TPSA) is 37.3 Å². The molecule has 0 aromatic heterocycles. The summed E-state index contributed by atoms with van der Waals surface area (Å²) in [5, 5.41) is 8.40. The lowest BCUT2D eigenvalue weighted by molar-refractivity contribution is -0.804. The second kappa shape index (κ2) is 3.58. The van der Waals surface area contributed by atoms with E-state index in [0.29, 0.717) is 17.4 Å². The Morgan fingerprint density at radius 2 is 2.11 bits per heavy atom. The van der Waals surface area contributed by atoms with Crippen LogP contribution in [0, 0.1) is 0 Å². The molecule has 0 saturated carbocycles. The first-order valence-electron chi connectivity index (χ1n) is 3.02. The van der Waals surface area contributed by atoms with Crippen molar-refractivity contribution in [2.24, 2.45) is 0 Å². The number of carbonyl (C=O) groups excluding carboxylic acids is 1. The standard InChI is InChI=1S/C6H14NO2/c1-7(2,6-9)4-3-5-8/h6,8H,3-5H2,1-2H3/q+1. The van der Waals surface area contributed by atoms with Crippen LogP contribution in [0.3, 0.4) is 0 Å². The Kier molecular flexibility index (Phi) is 3.42. The molecule has 0 rings (SSSR count). The van der Waals surface area contributed by atoms with Gasteiger partial charge in [-0.15, -0.1) is 0 Å². The second-order valence-corrected chi connectivity index (χ2v) is 2.68. The van der Waals surface area contributed by atoms with Crippen LogP contribution in [0.5, 0.6) is 0 Å². The minimum absolute atomic E-state index is 0.162. The summed E-state index contributed by atoms with van der Waals surface area (Å²) < 4.78 is 0.334. The number of rotatable bonds is 4. The van der Waals surface area contributed by atoms with Gasteiger partial charge >= 0.3 is 6.41 Å². The van der Waals surface area contributed by atoms with Gasteiger partial charge in [-0.25, -0.2) is 4.79 Å². The number of carbonyl (C=O) groups is 1. The van der Waals surface area contributed by atoms with Gasteiger partial charge in [-0.1, -0.05) is 0 Å². The van der Waals surface area contributed by atoms with Crippen molar-refractivity contribution in [2.75, 3.05) is 27.2 Å². The summed E-state index contributed by atoms with van der Waals surface area (Å²) in [6, 6.07) is 0. The van der Waals surface area contributed by atoms with E-state index in [2.05, 4.69) is 0 Å². The van der Waals surface area contributed by atoms with Crippen molar-refractivity contribution in [3.8, 4) is 0 Å². The molecule has 0 aliphatic heterocycles. The summed E-state index contributed by atoms with van der Waals surface area (Å²) in [4.78, 5) is 10.2. The third kappa shape index (κ3) is 4.12. The van der Waals surface area contributed by atoms with Gasteiger partial charge in [0.05, 0.1) is 20.6 Å². The molecule has 0 aromatic carbocycles. The van der Waals surface area contributed by atoms with Gasteiger partial charge in [0.15, 0.2) is 0 Å². The smallest absolute Gasteiger partial charge is 0.301 e. The fourth-order valence-electron chi connectivity index (χ4n) is 0.531. The average molecular weight is 132 g/mol. The van der Waals surface area contributed by atoms with Crippen LogP contribution in [-0.2, 0) is 4.79 Å². The molecule has 0 aromatic rings. The molecule has 0 spiro atoms. The van der Waals surface area contributed by atoms with Gasteiger partial charge in [-0.3, -0.25) is 4.48 Å². The van der Waals surface area contributed by atoms with Crippen LogP contribution in [0.1, 0.15) is 6.42 Å². The Labute approximate surface area is 55.5 Å². The van der Waals surface area contributed by atoms with Gasteiger partial charge in [0, 0.05) is 13.0 Å². The average Bonchev–Trinajstić information content (AvgIpc) is 1.84. The Balaban J connectivity index is 3.45. The fourth-order valence-corrected chi connectivity index (χ4v) is 0.531. The second-order valence-electron chi connectivity index (χ2n) is 2.68. The van der Waals surface area contributed by atoms with Gasteiger partial charge in [0.2, 0.25) is 0 Å². The maximum atomic E-state index is 10.2. The number of aliphatic hydroxyl groups is 1. The molecule has 0 unspecified atom stereocenters. The van der Waals surface area contributed by atoms with Crippen LogP contribution in [-0.4, -0.2) is 43.2 Å². The molecule has 0 radical (unpaired) electrons. The van der Waals surface area contributed by atoms with E-state index in [1.54, 1.807) is 0 Å². The van der Waals surface area contributed by atoms with Crippen LogP contribution >= 0.6 is 0 Å². The Morgan fingerprint density at radius 3 is 2.44 bits per heavy atom. The Morgan fingerprint density at radius 1 is 1.56 bits per heavy atom. The Hall–Kier alpha value is -0.410. The first-order chi connectivity index (χ1) is 4.12. The summed E-state index contributed by atoms with van der Waals surface area (Å²) in [6.45, 7) is 0.871. The van der Waals surface area contributed by atoms with Crippen LogP contribution in [0.2, 0.25) is 0 Å². The van der Waals surface area contributed by atoms with Crippen molar-refractivity contribution < 1.29 is 14.4 Å². The molecular weight excluding hydrogens is 118 g/mol. The summed E-state index contributed by atoms with van der Waals surface area (Å²) in [7, 11) is 3.62. The van der Waals surface area contributed by atoms with Gasteiger partial charge in [0.1, 0.15) is 0 Å². The van der Waals surface area contributed by atoms with Crippen molar-refractivity contribution in [1.82, 2.24) is 0 Å². The van der Waals surface area contributed by atoms with Crippen molar-refractivity contribution in [2.45, 2.75) is 6.42 Å². The van der Waals surface area contributed by atoms with E-state index in [-0.39, 0.29) is 6.61 Å². The summed E-state index contributed by atoms with van der Waals surface area (Å²) >= 11 is 0. The zero-order valence-electron chi connectivity index (χ0n) is 6.00. The number of quaternary nitrogens is 1. The van der Waals surface area contributed by atoms with Crippen molar-refractivity contribution in [1.29, 1.82) is 0 Å². The number of aliphatic hydroxyl groups excluding tert-OH is 1. The number of amides is 1. The highest BCUT2D eigenvalue weighted by atomic mass is 16.3. The predicted molar refractivity (Wildman–Crippen MR) is 34.7 cm³/mol. The van der Waals surface area contributed by atoms with Crippen LogP contribution in [0.4, 0.5) is 0 Å². The van der Waals surface area contributed by atoms with E-state index in [1.165, 1.54) is 0 Å². The SMILES string of the molecule is C[N+](C)(C=O)CCCO. The van der Waals surface area contributed by atoms with Gasteiger partial charge < -0.3 is 5.11 Å². The molecule has 0 aliphatic carbocycles. The zero-order chi connectivity index (χ0) is 7.33. The van der Waals surface area contributed by atoms with Crippen LogP contribution in [0.25, 0.3) is 0 Å². The molecule has 54 valence electrons. The number of hydrogen-bond acceptors (Lipinski definition) is 2. The van der Waals surface area contributed by atoms with E-state index < -0.39 is 0 Å². The molecule has 0 fully saturated rings. The number of nitrogens with zero attached hydrogens (tertiary/aromatic N) is 1. The van der Waals surface area contributed by atoms with Crippen molar-refractivity contribution >= 4 is 6.41 Å². The maximum Gasteiger partial charge on any atom is 0.301 e. The fraction of sp³-hybridized carbons (Fsp3) is 0.833. The highest BCUT2D eigenvalue weighted by Crippen LogP contribution is 1.92. The summed E-state index contributed by atoms with van der Waals surface area (Å²) in [6.07, 6.45) is 1.56. The van der Waals surface area contributed by atoms with Crippen molar-refractivity contribution in [3.05, 3.63) is 0 Å². The monoisotopic (exact) mass is 132 g/mol. The molecule has 3 heteroatoms. The highest BCUT2D eigenvalue weighted by Gasteiger charge is 2.10. The first-order valence-corrected chi connectivity index (χ1v) is 3.02. The summed E-state index contributed by atoms with van der Waals surface area (Å²) in [5.41, 5.74) is 0. The molecular formula is C6H14NO2+. The van der Waals surface area contributed by atoms with E-state index in [9.17, 15) is 4.79 Å². The van der Waals surface area contributed by atoms with Crippen LogP contribution < -0.4 is 0 Å². The molecule has 9 heavy (non-hydrogen) atoms.